The van der Waals surface area contributed by atoms with Crippen LogP contribution in [0.1, 0.15) is 39.5 Å². The molecule has 3 amide bonds. The predicted molar refractivity (Wildman–Crippen MR) is 66.7 cm³/mol. The lowest BCUT2D eigenvalue weighted by atomic mass is 10.0. The maximum atomic E-state index is 11.6. The summed E-state index contributed by atoms with van der Waals surface area (Å²) in [5.74, 6) is -0.215. The van der Waals surface area contributed by atoms with Crippen LogP contribution in [0.2, 0.25) is 0 Å². The number of piperidine rings is 1. The summed E-state index contributed by atoms with van der Waals surface area (Å²) in [6.45, 7) is 5.96. The van der Waals surface area contributed by atoms with Crippen LogP contribution in [-0.4, -0.2) is 42.5 Å². The zero-order chi connectivity index (χ0) is 12.7. The Balaban J connectivity index is 2.26. The Morgan fingerprint density at radius 2 is 2.12 bits per heavy atom. The second-order valence-electron chi connectivity index (χ2n) is 4.62. The van der Waals surface area contributed by atoms with Gasteiger partial charge in [0.1, 0.15) is 0 Å². The zero-order valence-corrected chi connectivity index (χ0v) is 10.8. The number of urea groups is 1. The van der Waals surface area contributed by atoms with Gasteiger partial charge < -0.3 is 5.32 Å². The van der Waals surface area contributed by atoms with Crippen molar-refractivity contribution >= 4 is 11.9 Å². The molecule has 1 aliphatic heterocycles. The van der Waals surface area contributed by atoms with Crippen LogP contribution in [-0.2, 0) is 4.79 Å². The first-order valence-corrected chi connectivity index (χ1v) is 6.45. The quantitative estimate of drug-likeness (QED) is 0.774. The highest BCUT2D eigenvalue weighted by Gasteiger charge is 2.21. The van der Waals surface area contributed by atoms with Gasteiger partial charge in [-0.15, -0.1) is 0 Å². The molecule has 2 N–H and O–H groups in total. The largest absolute Gasteiger partial charge is 0.338 e. The van der Waals surface area contributed by atoms with Gasteiger partial charge in [-0.25, -0.2) is 4.79 Å². The van der Waals surface area contributed by atoms with Crippen molar-refractivity contribution in [3.05, 3.63) is 0 Å². The number of hydrogen-bond acceptors (Lipinski definition) is 3. The Labute approximate surface area is 103 Å². The van der Waals surface area contributed by atoms with Gasteiger partial charge in [0.2, 0.25) is 5.91 Å². The van der Waals surface area contributed by atoms with Crippen molar-refractivity contribution in [3.63, 3.8) is 0 Å². The van der Waals surface area contributed by atoms with E-state index in [1.807, 2.05) is 6.92 Å². The van der Waals surface area contributed by atoms with Crippen LogP contribution in [0.5, 0.6) is 0 Å². The highest BCUT2D eigenvalue weighted by atomic mass is 16.2. The van der Waals surface area contributed by atoms with Crippen molar-refractivity contribution < 1.29 is 9.59 Å². The lowest BCUT2D eigenvalue weighted by molar-refractivity contribution is -0.122. The average Bonchev–Trinajstić information content (AvgIpc) is 2.29. The van der Waals surface area contributed by atoms with Gasteiger partial charge in [0.15, 0.2) is 0 Å². The van der Waals surface area contributed by atoms with Crippen LogP contribution >= 0.6 is 0 Å². The number of carbonyl (C=O) groups excluding carboxylic acids is 2. The van der Waals surface area contributed by atoms with Crippen LogP contribution in [0.4, 0.5) is 4.79 Å². The molecule has 0 spiro atoms. The molecule has 1 fully saturated rings. The van der Waals surface area contributed by atoms with Crippen LogP contribution in [0.25, 0.3) is 0 Å². The summed E-state index contributed by atoms with van der Waals surface area (Å²) in [6.07, 6.45) is 4.37. The first kappa shape index (κ1) is 14.0. The summed E-state index contributed by atoms with van der Waals surface area (Å²) in [7, 11) is 0. The maximum absolute atomic E-state index is 11.6. The van der Waals surface area contributed by atoms with Crippen molar-refractivity contribution in [2.45, 2.75) is 45.6 Å². The van der Waals surface area contributed by atoms with Crippen LogP contribution in [0.15, 0.2) is 0 Å². The van der Waals surface area contributed by atoms with Crippen molar-refractivity contribution in [1.29, 1.82) is 0 Å². The van der Waals surface area contributed by atoms with Crippen molar-refractivity contribution in [2.24, 2.45) is 0 Å². The molecule has 0 aromatic heterocycles. The Bertz CT molecular complexity index is 268. The fourth-order valence-corrected chi connectivity index (χ4v) is 2.03. The molecule has 0 aromatic rings. The minimum atomic E-state index is -0.387. The minimum Gasteiger partial charge on any atom is -0.338 e. The molecule has 0 saturated carbocycles. The van der Waals surface area contributed by atoms with Gasteiger partial charge >= 0.3 is 6.03 Å². The van der Waals surface area contributed by atoms with E-state index in [0.29, 0.717) is 19.1 Å². The fraction of sp³-hybridized carbons (Fsp3) is 0.833. The number of imide groups is 1. The monoisotopic (exact) mass is 241 g/mol. The molecule has 1 aliphatic rings. The fourth-order valence-electron chi connectivity index (χ4n) is 2.03. The van der Waals surface area contributed by atoms with Crippen LogP contribution in [0, 0.1) is 0 Å². The maximum Gasteiger partial charge on any atom is 0.321 e. The van der Waals surface area contributed by atoms with E-state index in [4.69, 9.17) is 0 Å². The van der Waals surface area contributed by atoms with Gasteiger partial charge in [-0.2, -0.15) is 0 Å². The van der Waals surface area contributed by atoms with E-state index >= 15 is 0 Å². The molecule has 1 rings (SSSR count). The summed E-state index contributed by atoms with van der Waals surface area (Å²) in [5, 5.41) is 4.97. The van der Waals surface area contributed by atoms with Crippen molar-refractivity contribution in [3.8, 4) is 0 Å². The van der Waals surface area contributed by atoms with Crippen LogP contribution < -0.4 is 10.6 Å². The number of carbonyl (C=O) groups is 2. The predicted octanol–water partition coefficient (Wildman–Crippen LogP) is 1.10. The van der Waals surface area contributed by atoms with Crippen molar-refractivity contribution in [2.75, 3.05) is 19.6 Å². The SMILES string of the molecule is CCCNC(=O)NC(=O)CN1CCCC[C@H]1C. The summed E-state index contributed by atoms with van der Waals surface area (Å²) in [5.41, 5.74) is 0. The molecule has 1 saturated heterocycles. The summed E-state index contributed by atoms with van der Waals surface area (Å²) in [4.78, 5) is 25.0. The standard InChI is InChI=1S/C12H23N3O2/c1-3-7-13-12(17)14-11(16)9-15-8-5-4-6-10(15)2/h10H,3-9H2,1-2H3,(H2,13,14,16,17)/t10-/m1/s1. The number of nitrogens with one attached hydrogen (secondary N) is 2. The third-order valence-electron chi connectivity index (χ3n) is 3.08. The third-order valence-corrected chi connectivity index (χ3v) is 3.08. The van der Waals surface area contributed by atoms with E-state index in [1.54, 1.807) is 0 Å². The molecule has 0 bridgehead atoms. The highest BCUT2D eigenvalue weighted by molar-refractivity contribution is 5.95. The Kier molecular flexibility index (Phi) is 5.97. The molecule has 98 valence electrons. The number of rotatable bonds is 4. The number of amides is 3. The van der Waals surface area contributed by atoms with E-state index in [-0.39, 0.29) is 11.9 Å². The summed E-state index contributed by atoms with van der Waals surface area (Å²) in [6, 6.07) is 0.0507. The van der Waals surface area contributed by atoms with Gasteiger partial charge in [-0.05, 0) is 32.7 Å². The van der Waals surface area contributed by atoms with Gasteiger partial charge in [0.25, 0.3) is 0 Å². The zero-order valence-electron chi connectivity index (χ0n) is 10.8. The molecule has 0 aromatic carbocycles. The molecular weight excluding hydrogens is 218 g/mol. The Hall–Kier alpha value is -1.10. The molecule has 17 heavy (non-hydrogen) atoms. The average molecular weight is 241 g/mol. The lowest BCUT2D eigenvalue weighted by Crippen LogP contribution is -2.48. The number of hydrogen-bond donors (Lipinski definition) is 2. The van der Waals surface area contributed by atoms with Crippen molar-refractivity contribution in [1.82, 2.24) is 15.5 Å². The summed E-state index contributed by atoms with van der Waals surface area (Å²) >= 11 is 0. The summed E-state index contributed by atoms with van der Waals surface area (Å²) < 4.78 is 0. The Morgan fingerprint density at radius 1 is 1.35 bits per heavy atom. The molecule has 0 radical (unpaired) electrons. The van der Waals surface area contributed by atoms with Crippen LogP contribution in [0.3, 0.4) is 0 Å². The van der Waals surface area contributed by atoms with Gasteiger partial charge in [0.05, 0.1) is 6.54 Å². The molecule has 5 nitrogen and oxygen atoms in total. The normalized spacial score (nSPS) is 20.9. The Morgan fingerprint density at radius 3 is 2.76 bits per heavy atom. The van der Waals surface area contributed by atoms with E-state index in [2.05, 4.69) is 22.5 Å². The molecule has 1 heterocycles. The second-order valence-corrected chi connectivity index (χ2v) is 4.62. The van der Waals surface area contributed by atoms with E-state index in [1.165, 1.54) is 6.42 Å². The lowest BCUT2D eigenvalue weighted by Gasteiger charge is -2.32. The van der Waals surface area contributed by atoms with E-state index < -0.39 is 0 Å². The minimum absolute atomic E-state index is 0.215. The van der Waals surface area contributed by atoms with E-state index in [9.17, 15) is 9.59 Å². The smallest absolute Gasteiger partial charge is 0.321 e. The molecule has 0 unspecified atom stereocenters. The van der Waals surface area contributed by atoms with Gasteiger partial charge in [-0.1, -0.05) is 13.3 Å². The first-order valence-electron chi connectivity index (χ1n) is 6.45. The molecule has 0 aliphatic carbocycles. The first-order chi connectivity index (χ1) is 8.13. The third kappa shape index (κ3) is 5.17. The van der Waals surface area contributed by atoms with Gasteiger partial charge in [0, 0.05) is 12.6 Å². The van der Waals surface area contributed by atoms with Gasteiger partial charge in [-0.3, -0.25) is 15.0 Å². The molecule has 1 atom stereocenters. The molecule has 5 heteroatoms. The second kappa shape index (κ2) is 7.27. The molecular formula is C12H23N3O2. The number of likely N-dealkylation sites (tertiary alicyclic amines) is 1. The number of nitrogens with zero attached hydrogens (tertiary/aromatic N) is 1. The van der Waals surface area contributed by atoms with E-state index in [0.717, 1.165) is 25.8 Å². The highest BCUT2D eigenvalue weighted by Crippen LogP contribution is 2.15. The topological polar surface area (TPSA) is 61.4 Å².